The summed E-state index contributed by atoms with van der Waals surface area (Å²) in [4.78, 5) is 15.3. The Balaban J connectivity index is 2.20. The molecule has 0 aliphatic carbocycles. The fraction of sp³-hybridized carbons (Fsp3) is 0.600. The van der Waals surface area contributed by atoms with Crippen LogP contribution in [0.5, 0.6) is 0 Å². The van der Waals surface area contributed by atoms with Crippen LogP contribution in [0, 0.1) is 0 Å². The topological polar surface area (TPSA) is 74.2 Å². The number of anilines is 1. The average Bonchev–Trinajstić information content (AvgIpc) is 2.24. The summed E-state index contributed by atoms with van der Waals surface area (Å²) >= 11 is 0. The lowest BCUT2D eigenvalue weighted by atomic mass is 9.79. The highest BCUT2D eigenvalue weighted by Gasteiger charge is 2.37. The predicted octanol–water partition coefficient (Wildman–Crippen LogP) is 2.50. The largest absolute Gasteiger partial charge is 0.478 e. The van der Waals surface area contributed by atoms with Gasteiger partial charge in [-0.15, -0.1) is 0 Å². The molecule has 1 aromatic heterocycles. The summed E-state index contributed by atoms with van der Waals surface area (Å²) in [6.07, 6.45) is 4.96. The van der Waals surface area contributed by atoms with E-state index in [-0.39, 0.29) is 22.7 Å². The molecule has 1 aliphatic heterocycles. The maximum Gasteiger partial charge on any atom is 0.337 e. The predicted molar refractivity (Wildman–Crippen MR) is 79.1 cm³/mol. The zero-order valence-corrected chi connectivity index (χ0v) is 12.5. The number of carbonyl (C=O) groups is 1. The normalized spacial score (nSPS) is 21.4. The molecule has 0 aromatic carbocycles. The van der Waals surface area contributed by atoms with E-state index in [0.717, 1.165) is 12.8 Å². The van der Waals surface area contributed by atoms with Crippen molar-refractivity contribution in [3.63, 3.8) is 0 Å². The lowest BCUT2D eigenvalue weighted by molar-refractivity contribution is 0.0697. The highest BCUT2D eigenvalue weighted by Crippen LogP contribution is 2.31. The van der Waals surface area contributed by atoms with Crippen LogP contribution in [0.25, 0.3) is 0 Å². The van der Waals surface area contributed by atoms with Crippen LogP contribution >= 0.6 is 0 Å². The van der Waals surface area contributed by atoms with E-state index in [1.165, 1.54) is 12.3 Å². The standard InChI is InChI=1S/C15H23N3O2/c1-14(2)7-10(8-15(3,4)18-14)17-12-9-16-6-5-11(12)13(19)20/h5-6,9-10,17-18H,7-8H2,1-4H3,(H,19,20). The second-order valence-corrected chi connectivity index (χ2v) is 6.87. The van der Waals surface area contributed by atoms with Gasteiger partial charge in [-0.25, -0.2) is 4.79 Å². The Hall–Kier alpha value is -1.62. The molecule has 5 heteroatoms. The van der Waals surface area contributed by atoms with Gasteiger partial charge in [0.2, 0.25) is 0 Å². The van der Waals surface area contributed by atoms with Gasteiger partial charge in [0, 0.05) is 23.3 Å². The van der Waals surface area contributed by atoms with Gasteiger partial charge in [0.15, 0.2) is 0 Å². The summed E-state index contributed by atoms with van der Waals surface area (Å²) in [6.45, 7) is 8.68. The molecule has 1 aromatic rings. The summed E-state index contributed by atoms with van der Waals surface area (Å²) < 4.78 is 0. The fourth-order valence-electron chi connectivity index (χ4n) is 3.34. The fourth-order valence-corrected chi connectivity index (χ4v) is 3.34. The van der Waals surface area contributed by atoms with Crippen molar-refractivity contribution in [2.75, 3.05) is 5.32 Å². The number of pyridine rings is 1. The first-order valence-corrected chi connectivity index (χ1v) is 6.92. The molecule has 3 N–H and O–H groups in total. The molecule has 1 aliphatic rings. The van der Waals surface area contributed by atoms with Gasteiger partial charge in [0.05, 0.1) is 17.4 Å². The molecule has 2 rings (SSSR count). The van der Waals surface area contributed by atoms with Gasteiger partial charge < -0.3 is 15.7 Å². The Morgan fingerprint density at radius 3 is 2.50 bits per heavy atom. The molecule has 0 radical (unpaired) electrons. The van der Waals surface area contributed by atoms with Gasteiger partial charge in [-0.05, 0) is 46.6 Å². The lowest BCUT2D eigenvalue weighted by Gasteiger charge is -2.47. The summed E-state index contributed by atoms with van der Waals surface area (Å²) in [7, 11) is 0. The average molecular weight is 277 g/mol. The van der Waals surface area contributed by atoms with Gasteiger partial charge in [0.1, 0.15) is 0 Å². The maximum absolute atomic E-state index is 11.2. The van der Waals surface area contributed by atoms with Crippen LogP contribution in [0.15, 0.2) is 18.5 Å². The molecule has 5 nitrogen and oxygen atoms in total. The number of nitrogens with zero attached hydrogens (tertiary/aromatic N) is 1. The number of carboxylic acids is 1. The molecule has 1 fully saturated rings. The van der Waals surface area contributed by atoms with Crippen LogP contribution in [0.3, 0.4) is 0 Å². The highest BCUT2D eigenvalue weighted by molar-refractivity contribution is 5.93. The Kier molecular flexibility index (Phi) is 3.73. The van der Waals surface area contributed by atoms with Crippen LogP contribution in [-0.4, -0.2) is 33.2 Å². The van der Waals surface area contributed by atoms with E-state index < -0.39 is 5.97 Å². The van der Waals surface area contributed by atoms with E-state index in [0.29, 0.717) is 5.69 Å². The van der Waals surface area contributed by atoms with Gasteiger partial charge in [-0.2, -0.15) is 0 Å². The van der Waals surface area contributed by atoms with Crippen LogP contribution in [0.2, 0.25) is 0 Å². The Labute approximate surface area is 119 Å². The van der Waals surface area contributed by atoms with Crippen LogP contribution < -0.4 is 10.6 Å². The first-order chi connectivity index (χ1) is 9.19. The summed E-state index contributed by atoms with van der Waals surface area (Å²) in [5.74, 6) is -0.928. The minimum Gasteiger partial charge on any atom is -0.478 e. The highest BCUT2D eigenvalue weighted by atomic mass is 16.4. The first-order valence-electron chi connectivity index (χ1n) is 6.92. The molecule has 0 unspecified atom stereocenters. The number of nitrogens with one attached hydrogen (secondary N) is 2. The molecule has 0 spiro atoms. The summed E-state index contributed by atoms with van der Waals surface area (Å²) in [6, 6.07) is 1.76. The first kappa shape index (κ1) is 14.8. The van der Waals surface area contributed by atoms with E-state index in [2.05, 4.69) is 43.3 Å². The minimum absolute atomic E-state index is 0.0189. The number of aromatic carboxylic acids is 1. The number of carboxylic acid groups (broad SMARTS) is 1. The van der Waals surface area contributed by atoms with E-state index in [1.807, 2.05) is 0 Å². The molecule has 2 heterocycles. The monoisotopic (exact) mass is 277 g/mol. The third-order valence-electron chi connectivity index (χ3n) is 3.60. The van der Waals surface area contributed by atoms with Crippen molar-refractivity contribution in [1.29, 1.82) is 0 Å². The van der Waals surface area contributed by atoms with Crippen molar-refractivity contribution in [1.82, 2.24) is 10.3 Å². The zero-order valence-electron chi connectivity index (χ0n) is 12.5. The van der Waals surface area contributed by atoms with Gasteiger partial charge in [-0.1, -0.05) is 0 Å². The number of hydrogen-bond acceptors (Lipinski definition) is 4. The van der Waals surface area contributed by atoms with Gasteiger partial charge >= 0.3 is 5.97 Å². The van der Waals surface area contributed by atoms with Crippen molar-refractivity contribution in [2.45, 2.75) is 57.7 Å². The van der Waals surface area contributed by atoms with Crippen LogP contribution in [0.1, 0.15) is 50.9 Å². The lowest BCUT2D eigenvalue weighted by Crippen LogP contribution is -2.60. The van der Waals surface area contributed by atoms with Gasteiger partial charge in [0.25, 0.3) is 0 Å². The third kappa shape index (κ3) is 3.48. The number of hydrogen-bond donors (Lipinski definition) is 3. The van der Waals surface area contributed by atoms with Crippen molar-refractivity contribution in [2.24, 2.45) is 0 Å². The molecule has 110 valence electrons. The van der Waals surface area contributed by atoms with Crippen molar-refractivity contribution in [3.8, 4) is 0 Å². The van der Waals surface area contributed by atoms with Crippen LogP contribution in [-0.2, 0) is 0 Å². The number of rotatable bonds is 3. The molecule has 0 amide bonds. The Morgan fingerprint density at radius 1 is 1.35 bits per heavy atom. The van der Waals surface area contributed by atoms with Crippen LogP contribution in [0.4, 0.5) is 5.69 Å². The minimum atomic E-state index is -0.928. The van der Waals surface area contributed by atoms with E-state index in [9.17, 15) is 9.90 Å². The Morgan fingerprint density at radius 2 is 1.95 bits per heavy atom. The van der Waals surface area contributed by atoms with E-state index >= 15 is 0 Å². The zero-order chi connectivity index (χ0) is 15.0. The maximum atomic E-state index is 11.2. The van der Waals surface area contributed by atoms with E-state index in [4.69, 9.17) is 0 Å². The molecule has 0 saturated carbocycles. The van der Waals surface area contributed by atoms with E-state index in [1.54, 1.807) is 6.20 Å². The molecular weight excluding hydrogens is 254 g/mol. The Bertz CT molecular complexity index is 496. The molecule has 0 bridgehead atoms. The second kappa shape index (κ2) is 5.05. The van der Waals surface area contributed by atoms with Gasteiger partial charge in [-0.3, -0.25) is 4.98 Å². The van der Waals surface area contributed by atoms with Crippen molar-refractivity contribution in [3.05, 3.63) is 24.0 Å². The molecular formula is C15H23N3O2. The molecule has 20 heavy (non-hydrogen) atoms. The van der Waals surface area contributed by atoms with Crippen molar-refractivity contribution < 1.29 is 9.90 Å². The second-order valence-electron chi connectivity index (χ2n) is 6.87. The summed E-state index contributed by atoms with van der Waals surface area (Å²) in [5.41, 5.74) is 0.906. The third-order valence-corrected chi connectivity index (χ3v) is 3.60. The molecule has 0 atom stereocenters. The molecule has 1 saturated heterocycles. The number of aromatic nitrogens is 1. The number of piperidine rings is 1. The van der Waals surface area contributed by atoms with Crippen molar-refractivity contribution >= 4 is 11.7 Å². The SMILES string of the molecule is CC1(C)CC(Nc2cnccc2C(=O)O)CC(C)(C)N1. The quantitative estimate of drug-likeness (QED) is 0.791. The summed E-state index contributed by atoms with van der Waals surface area (Å²) in [5, 5.41) is 16.2. The smallest absolute Gasteiger partial charge is 0.337 e.